The summed E-state index contributed by atoms with van der Waals surface area (Å²) in [6.07, 6.45) is 2.09. The second-order valence-electron chi connectivity index (χ2n) is 4.02. The van der Waals surface area contributed by atoms with Crippen molar-refractivity contribution in [2.45, 2.75) is 11.7 Å². The number of nitrogens with one attached hydrogen (secondary N) is 1. The lowest BCUT2D eigenvalue weighted by molar-refractivity contribution is 0.719. The number of rotatable bonds is 2. The molecule has 6 heteroatoms. The van der Waals surface area contributed by atoms with E-state index in [4.69, 9.17) is 18.0 Å². The van der Waals surface area contributed by atoms with Crippen molar-refractivity contribution in [3.05, 3.63) is 30.5 Å². The third-order valence-corrected chi connectivity index (χ3v) is 3.80. The molecule has 2 aromatic rings. The Hall–Kier alpha value is -1.53. The topological polar surface area (TPSA) is 55.9 Å². The first-order valence-corrected chi connectivity index (χ1v) is 6.98. The number of nitrogens with two attached hydrogens (primary N) is 1. The summed E-state index contributed by atoms with van der Waals surface area (Å²) in [5.41, 5.74) is 8.42. The van der Waals surface area contributed by atoms with Gasteiger partial charge in [0.15, 0.2) is 10.3 Å². The van der Waals surface area contributed by atoms with E-state index in [9.17, 15) is 0 Å². The zero-order chi connectivity index (χ0) is 12.5. The van der Waals surface area contributed by atoms with E-state index < -0.39 is 0 Å². The Bertz CT molecular complexity index is 584. The van der Waals surface area contributed by atoms with E-state index in [1.165, 1.54) is 0 Å². The molecule has 0 saturated heterocycles. The lowest BCUT2D eigenvalue weighted by Crippen LogP contribution is -2.18. The Morgan fingerprint density at radius 2 is 2.39 bits per heavy atom. The highest BCUT2D eigenvalue weighted by Crippen LogP contribution is 2.29. The number of anilines is 1. The van der Waals surface area contributed by atoms with Crippen LogP contribution >= 0.6 is 24.0 Å². The first-order valence-electron chi connectivity index (χ1n) is 5.59. The summed E-state index contributed by atoms with van der Waals surface area (Å²) in [4.78, 5) is 4.62. The third-order valence-electron chi connectivity index (χ3n) is 2.73. The van der Waals surface area contributed by atoms with Crippen molar-refractivity contribution in [3.8, 4) is 11.3 Å². The number of aromatic nitrogens is 2. The Morgan fingerprint density at radius 1 is 1.50 bits per heavy atom. The van der Waals surface area contributed by atoms with Crippen LogP contribution < -0.4 is 11.1 Å². The second-order valence-corrected chi connectivity index (χ2v) is 5.52. The van der Waals surface area contributed by atoms with Crippen molar-refractivity contribution < 1.29 is 0 Å². The minimum absolute atomic E-state index is 0.273. The molecule has 1 aliphatic heterocycles. The van der Waals surface area contributed by atoms with Crippen LogP contribution in [0.4, 0.5) is 5.69 Å². The van der Waals surface area contributed by atoms with Crippen molar-refractivity contribution in [2.75, 3.05) is 11.1 Å². The van der Waals surface area contributed by atoms with Gasteiger partial charge in [-0.25, -0.2) is 4.98 Å². The molecule has 92 valence electrons. The molecule has 0 atom stereocenters. The number of nitrogens with zero attached hydrogens (tertiary/aromatic N) is 2. The smallest absolute Gasteiger partial charge is 0.168 e. The fourth-order valence-corrected chi connectivity index (χ4v) is 3.01. The summed E-state index contributed by atoms with van der Waals surface area (Å²) < 4.78 is 2.19. The van der Waals surface area contributed by atoms with E-state index in [0.29, 0.717) is 0 Å². The van der Waals surface area contributed by atoms with Crippen LogP contribution in [0.25, 0.3) is 11.3 Å². The maximum atomic E-state index is 5.47. The fourth-order valence-electron chi connectivity index (χ4n) is 1.95. The highest BCUT2D eigenvalue weighted by atomic mass is 32.2. The number of fused-ring (bicyclic) bond motifs is 1. The SMILES string of the molecule is NC(=S)Nc1cccc(-c2cn3c(n2)SCC3)c1. The van der Waals surface area contributed by atoms with Crippen LogP contribution in [0.5, 0.6) is 0 Å². The number of hydrogen-bond donors (Lipinski definition) is 2. The Kier molecular flexibility index (Phi) is 2.97. The molecule has 0 amide bonds. The van der Waals surface area contributed by atoms with Crippen molar-refractivity contribution in [1.82, 2.24) is 9.55 Å². The Morgan fingerprint density at radius 3 is 3.17 bits per heavy atom. The molecule has 0 spiro atoms. The molecule has 3 N–H and O–H groups in total. The monoisotopic (exact) mass is 276 g/mol. The molecular formula is C12H12N4S2. The minimum Gasteiger partial charge on any atom is -0.376 e. The second kappa shape index (κ2) is 4.62. The zero-order valence-electron chi connectivity index (χ0n) is 9.59. The summed E-state index contributed by atoms with van der Waals surface area (Å²) in [7, 11) is 0. The first-order chi connectivity index (χ1) is 8.72. The molecule has 4 nitrogen and oxygen atoms in total. The summed E-state index contributed by atoms with van der Waals surface area (Å²) >= 11 is 6.63. The maximum absolute atomic E-state index is 5.47. The molecule has 1 aliphatic rings. The van der Waals surface area contributed by atoms with Crippen molar-refractivity contribution in [3.63, 3.8) is 0 Å². The molecule has 2 heterocycles. The maximum Gasteiger partial charge on any atom is 0.168 e. The predicted molar refractivity (Wildman–Crippen MR) is 78.8 cm³/mol. The van der Waals surface area contributed by atoms with Crippen LogP contribution in [0.15, 0.2) is 35.6 Å². The number of imidazole rings is 1. The summed E-state index contributed by atoms with van der Waals surface area (Å²) in [5.74, 6) is 1.12. The molecule has 1 aromatic heterocycles. The van der Waals surface area contributed by atoms with Gasteiger partial charge in [-0.05, 0) is 24.4 Å². The number of hydrogen-bond acceptors (Lipinski definition) is 3. The van der Waals surface area contributed by atoms with E-state index in [0.717, 1.165) is 34.4 Å². The quantitative estimate of drug-likeness (QED) is 0.824. The van der Waals surface area contributed by atoms with Gasteiger partial charge >= 0.3 is 0 Å². The number of benzene rings is 1. The predicted octanol–water partition coefficient (Wildman–Crippen LogP) is 2.31. The van der Waals surface area contributed by atoms with Gasteiger partial charge in [0.05, 0.1) is 5.69 Å². The van der Waals surface area contributed by atoms with E-state index in [1.54, 1.807) is 11.8 Å². The molecule has 0 aliphatic carbocycles. The molecule has 3 rings (SSSR count). The molecule has 0 unspecified atom stereocenters. The lowest BCUT2D eigenvalue weighted by atomic mass is 10.1. The molecule has 0 fully saturated rings. The van der Waals surface area contributed by atoms with E-state index in [-0.39, 0.29) is 5.11 Å². The van der Waals surface area contributed by atoms with Gasteiger partial charge in [-0.3, -0.25) is 0 Å². The standard InChI is InChI=1S/C12H12N4S2/c13-11(17)14-9-3-1-2-8(6-9)10-7-16-4-5-18-12(16)15-10/h1-3,6-7H,4-5H2,(H3,13,14,17). The van der Waals surface area contributed by atoms with Crippen molar-refractivity contribution in [1.29, 1.82) is 0 Å². The molecule has 1 aromatic carbocycles. The van der Waals surface area contributed by atoms with Gasteiger partial charge in [0.2, 0.25) is 0 Å². The fraction of sp³-hybridized carbons (Fsp3) is 0.167. The van der Waals surface area contributed by atoms with Crippen LogP contribution in [0.1, 0.15) is 0 Å². The van der Waals surface area contributed by atoms with Crippen LogP contribution in [0.3, 0.4) is 0 Å². The summed E-state index contributed by atoms with van der Waals surface area (Å²) in [6.45, 7) is 1.04. The lowest BCUT2D eigenvalue weighted by Gasteiger charge is -2.05. The van der Waals surface area contributed by atoms with Crippen molar-refractivity contribution >= 4 is 34.8 Å². The third kappa shape index (κ3) is 2.21. The van der Waals surface area contributed by atoms with Gasteiger partial charge in [-0.15, -0.1) is 0 Å². The number of aryl methyl sites for hydroxylation is 1. The molecule has 18 heavy (non-hydrogen) atoms. The Balaban J connectivity index is 1.93. The van der Waals surface area contributed by atoms with Gasteiger partial charge in [0.1, 0.15) is 0 Å². The first kappa shape index (κ1) is 11.6. The largest absolute Gasteiger partial charge is 0.376 e. The van der Waals surface area contributed by atoms with Gasteiger partial charge in [0, 0.05) is 29.7 Å². The van der Waals surface area contributed by atoms with Gasteiger partial charge in [0.25, 0.3) is 0 Å². The summed E-state index contributed by atoms with van der Waals surface area (Å²) in [5, 5.41) is 4.30. The molecular weight excluding hydrogens is 264 g/mol. The molecule has 0 saturated carbocycles. The van der Waals surface area contributed by atoms with Crippen LogP contribution in [0.2, 0.25) is 0 Å². The number of thioether (sulfide) groups is 1. The average Bonchev–Trinajstić information content (AvgIpc) is 2.88. The molecule has 0 radical (unpaired) electrons. The van der Waals surface area contributed by atoms with E-state index in [2.05, 4.69) is 21.1 Å². The van der Waals surface area contributed by atoms with Gasteiger partial charge in [-0.1, -0.05) is 23.9 Å². The van der Waals surface area contributed by atoms with Crippen LogP contribution in [0, 0.1) is 0 Å². The van der Waals surface area contributed by atoms with E-state index in [1.807, 2.05) is 24.3 Å². The number of thiocarbonyl (C=S) groups is 1. The highest BCUT2D eigenvalue weighted by Gasteiger charge is 2.15. The molecule has 0 bridgehead atoms. The van der Waals surface area contributed by atoms with Gasteiger partial charge in [-0.2, -0.15) is 0 Å². The summed E-state index contributed by atoms with van der Waals surface area (Å²) in [6, 6.07) is 7.93. The van der Waals surface area contributed by atoms with E-state index >= 15 is 0 Å². The zero-order valence-corrected chi connectivity index (χ0v) is 11.2. The van der Waals surface area contributed by atoms with Crippen LogP contribution in [-0.4, -0.2) is 20.4 Å². The Labute approximate surface area is 115 Å². The highest BCUT2D eigenvalue weighted by molar-refractivity contribution is 7.99. The van der Waals surface area contributed by atoms with Crippen molar-refractivity contribution in [2.24, 2.45) is 5.73 Å². The average molecular weight is 276 g/mol. The normalized spacial score (nSPS) is 13.3. The minimum atomic E-state index is 0.273. The van der Waals surface area contributed by atoms with Crippen LogP contribution in [-0.2, 0) is 6.54 Å². The van der Waals surface area contributed by atoms with Gasteiger partial charge < -0.3 is 15.6 Å².